The highest BCUT2D eigenvalue weighted by molar-refractivity contribution is 4.81. The molecule has 1 rings (SSSR count). The number of ether oxygens (including phenoxy) is 1. The molecule has 72 valence electrons. The van der Waals surface area contributed by atoms with Gasteiger partial charge in [-0.25, -0.2) is 0 Å². The molecule has 4 atom stereocenters. The molecule has 0 aromatic carbocycles. The van der Waals surface area contributed by atoms with E-state index in [9.17, 15) is 10.2 Å². The van der Waals surface area contributed by atoms with Crippen molar-refractivity contribution >= 4 is 0 Å². The lowest BCUT2D eigenvalue weighted by molar-refractivity contribution is -0.0439. The molecule has 3 N–H and O–H groups in total. The molecular weight excluding hydrogens is 160 g/mol. The average Bonchev–Trinajstić information content (AvgIpc) is 2.19. The van der Waals surface area contributed by atoms with E-state index in [1.165, 1.54) is 0 Å². The van der Waals surface area contributed by atoms with Gasteiger partial charge in [0.25, 0.3) is 0 Å². The second-order valence-corrected chi connectivity index (χ2v) is 3.44. The zero-order chi connectivity index (χ0) is 9.14. The van der Waals surface area contributed by atoms with Crippen molar-refractivity contribution in [2.75, 3.05) is 19.8 Å². The summed E-state index contributed by atoms with van der Waals surface area (Å²) in [6.07, 6.45) is -1.66. The van der Waals surface area contributed by atoms with Crippen LogP contribution in [0.25, 0.3) is 0 Å². The van der Waals surface area contributed by atoms with E-state index in [4.69, 9.17) is 9.84 Å². The number of aliphatic hydroxyl groups is 3. The number of aliphatic hydroxyl groups excluding tert-OH is 3. The van der Waals surface area contributed by atoms with E-state index in [0.29, 0.717) is 13.2 Å². The molecule has 0 bridgehead atoms. The average molecular weight is 176 g/mol. The molecule has 12 heavy (non-hydrogen) atoms. The van der Waals surface area contributed by atoms with Gasteiger partial charge < -0.3 is 20.1 Å². The summed E-state index contributed by atoms with van der Waals surface area (Å²) < 4.78 is 5.17. The molecule has 1 saturated heterocycles. The first-order valence-electron chi connectivity index (χ1n) is 4.21. The van der Waals surface area contributed by atoms with Crippen molar-refractivity contribution in [3.63, 3.8) is 0 Å². The SMILES string of the molecule is C[C@@H]1COC[C@H](CO)[C@H](O)C1O. The summed E-state index contributed by atoms with van der Waals surface area (Å²) in [4.78, 5) is 0. The molecule has 0 aliphatic carbocycles. The van der Waals surface area contributed by atoms with Gasteiger partial charge in [0.2, 0.25) is 0 Å². The lowest BCUT2D eigenvalue weighted by Gasteiger charge is -2.23. The third-order valence-electron chi connectivity index (χ3n) is 2.36. The van der Waals surface area contributed by atoms with Crippen LogP contribution in [0.3, 0.4) is 0 Å². The Labute approximate surface area is 71.8 Å². The zero-order valence-electron chi connectivity index (χ0n) is 7.18. The Morgan fingerprint density at radius 2 is 1.92 bits per heavy atom. The van der Waals surface area contributed by atoms with E-state index in [0.717, 1.165) is 0 Å². The van der Waals surface area contributed by atoms with Crippen molar-refractivity contribution in [3.05, 3.63) is 0 Å². The fourth-order valence-corrected chi connectivity index (χ4v) is 1.38. The highest BCUT2D eigenvalue weighted by Gasteiger charge is 2.32. The Hall–Kier alpha value is -0.160. The van der Waals surface area contributed by atoms with Crippen LogP contribution in [0.4, 0.5) is 0 Å². The van der Waals surface area contributed by atoms with E-state index in [-0.39, 0.29) is 18.4 Å². The van der Waals surface area contributed by atoms with Crippen molar-refractivity contribution in [2.45, 2.75) is 19.1 Å². The molecule has 1 heterocycles. The minimum atomic E-state index is -0.868. The van der Waals surface area contributed by atoms with Crippen LogP contribution in [0, 0.1) is 11.8 Å². The smallest absolute Gasteiger partial charge is 0.0874 e. The molecule has 0 radical (unpaired) electrons. The maximum atomic E-state index is 9.50. The number of hydrogen-bond donors (Lipinski definition) is 3. The number of hydrogen-bond acceptors (Lipinski definition) is 4. The summed E-state index contributed by atoms with van der Waals surface area (Å²) in [6, 6.07) is 0. The highest BCUT2D eigenvalue weighted by Crippen LogP contribution is 2.19. The molecule has 4 nitrogen and oxygen atoms in total. The van der Waals surface area contributed by atoms with Gasteiger partial charge in [-0.3, -0.25) is 0 Å². The van der Waals surface area contributed by atoms with Gasteiger partial charge in [0.15, 0.2) is 0 Å². The van der Waals surface area contributed by atoms with Crippen LogP contribution >= 0.6 is 0 Å². The molecule has 1 aliphatic heterocycles. The van der Waals surface area contributed by atoms with Crippen molar-refractivity contribution in [3.8, 4) is 0 Å². The van der Waals surface area contributed by atoms with E-state index in [1.807, 2.05) is 6.92 Å². The predicted octanol–water partition coefficient (Wildman–Crippen LogP) is -1.02. The second kappa shape index (κ2) is 4.18. The summed E-state index contributed by atoms with van der Waals surface area (Å²) >= 11 is 0. The quantitative estimate of drug-likeness (QED) is 0.478. The van der Waals surface area contributed by atoms with Gasteiger partial charge in [0, 0.05) is 11.8 Å². The Bertz CT molecular complexity index is 137. The topological polar surface area (TPSA) is 69.9 Å². The molecule has 0 aromatic rings. The van der Waals surface area contributed by atoms with Crippen molar-refractivity contribution in [1.82, 2.24) is 0 Å². The van der Waals surface area contributed by atoms with E-state index in [1.54, 1.807) is 0 Å². The largest absolute Gasteiger partial charge is 0.396 e. The van der Waals surface area contributed by atoms with Gasteiger partial charge in [0.05, 0.1) is 32.0 Å². The third-order valence-corrected chi connectivity index (χ3v) is 2.36. The molecule has 0 aromatic heterocycles. The summed E-state index contributed by atoms with van der Waals surface area (Å²) in [5.74, 6) is -0.429. The van der Waals surface area contributed by atoms with Gasteiger partial charge >= 0.3 is 0 Å². The maximum absolute atomic E-state index is 9.50. The first-order valence-corrected chi connectivity index (χ1v) is 4.21. The van der Waals surface area contributed by atoms with Crippen LogP contribution in [-0.2, 0) is 4.74 Å². The van der Waals surface area contributed by atoms with Crippen molar-refractivity contribution < 1.29 is 20.1 Å². The Balaban J connectivity index is 2.59. The Kier molecular flexibility index (Phi) is 3.46. The number of rotatable bonds is 1. The van der Waals surface area contributed by atoms with Gasteiger partial charge in [-0.15, -0.1) is 0 Å². The van der Waals surface area contributed by atoms with E-state index >= 15 is 0 Å². The molecular formula is C8H16O4. The third kappa shape index (κ3) is 1.95. The fraction of sp³-hybridized carbons (Fsp3) is 1.00. The van der Waals surface area contributed by atoms with E-state index in [2.05, 4.69) is 0 Å². The predicted molar refractivity (Wildman–Crippen MR) is 42.6 cm³/mol. The normalized spacial score (nSPS) is 44.0. The van der Waals surface area contributed by atoms with E-state index < -0.39 is 12.2 Å². The Morgan fingerprint density at radius 1 is 1.25 bits per heavy atom. The summed E-state index contributed by atoms with van der Waals surface area (Å²) in [6.45, 7) is 2.42. The van der Waals surface area contributed by atoms with Crippen LogP contribution in [0.1, 0.15) is 6.92 Å². The molecule has 0 spiro atoms. The summed E-state index contributed by atoms with van der Waals surface area (Å²) in [5.41, 5.74) is 0. The zero-order valence-corrected chi connectivity index (χ0v) is 7.18. The van der Waals surface area contributed by atoms with Crippen LogP contribution in [0.5, 0.6) is 0 Å². The van der Waals surface area contributed by atoms with Gasteiger partial charge in [0.1, 0.15) is 0 Å². The maximum Gasteiger partial charge on any atom is 0.0874 e. The molecule has 1 fully saturated rings. The lowest BCUT2D eigenvalue weighted by Crippen LogP contribution is -2.38. The first kappa shape index (κ1) is 9.92. The van der Waals surface area contributed by atoms with Crippen molar-refractivity contribution in [1.29, 1.82) is 0 Å². The van der Waals surface area contributed by atoms with Crippen LogP contribution in [-0.4, -0.2) is 47.3 Å². The van der Waals surface area contributed by atoms with Gasteiger partial charge in [-0.2, -0.15) is 0 Å². The molecule has 0 saturated carbocycles. The standard InChI is InChI=1S/C8H16O4/c1-5-3-12-4-6(2-9)8(11)7(5)10/h5-11H,2-4H2,1H3/t5-,6+,7?,8+/m1/s1. The first-order chi connectivity index (χ1) is 5.66. The minimum absolute atomic E-state index is 0.0726. The molecule has 1 unspecified atom stereocenters. The van der Waals surface area contributed by atoms with Gasteiger partial charge in [-0.1, -0.05) is 6.92 Å². The Morgan fingerprint density at radius 3 is 2.50 bits per heavy atom. The molecule has 1 aliphatic rings. The fourth-order valence-electron chi connectivity index (χ4n) is 1.38. The minimum Gasteiger partial charge on any atom is -0.396 e. The monoisotopic (exact) mass is 176 g/mol. The van der Waals surface area contributed by atoms with Gasteiger partial charge in [-0.05, 0) is 0 Å². The summed E-state index contributed by atoms with van der Waals surface area (Å²) in [5, 5.41) is 27.8. The highest BCUT2D eigenvalue weighted by atomic mass is 16.5. The lowest BCUT2D eigenvalue weighted by atomic mass is 9.93. The van der Waals surface area contributed by atoms with Crippen LogP contribution in [0.15, 0.2) is 0 Å². The van der Waals surface area contributed by atoms with Crippen molar-refractivity contribution in [2.24, 2.45) is 11.8 Å². The van der Waals surface area contributed by atoms with Crippen LogP contribution in [0.2, 0.25) is 0 Å². The summed E-state index contributed by atoms with van der Waals surface area (Å²) in [7, 11) is 0. The molecule has 0 amide bonds. The van der Waals surface area contributed by atoms with Crippen LogP contribution < -0.4 is 0 Å². The molecule has 4 heteroatoms. The second-order valence-electron chi connectivity index (χ2n) is 3.44.